The molecule has 0 saturated carbocycles. The first kappa shape index (κ1) is 10.2. The van der Waals surface area contributed by atoms with Crippen LogP contribution in [0.2, 0.25) is 0 Å². The molecule has 82 valence electrons. The van der Waals surface area contributed by atoms with E-state index in [1.807, 2.05) is 4.57 Å². The molecule has 0 fully saturated rings. The van der Waals surface area contributed by atoms with E-state index >= 15 is 0 Å². The Bertz CT molecular complexity index is 382. The van der Waals surface area contributed by atoms with E-state index in [-0.39, 0.29) is 5.92 Å². The fraction of sp³-hybridized carbons (Fsp3) is 0.636. The largest absolute Gasteiger partial charge is 0.481 e. The molecular formula is C11H16N2O2. The zero-order valence-corrected chi connectivity index (χ0v) is 9.10. The van der Waals surface area contributed by atoms with Crippen LogP contribution in [0.15, 0.2) is 6.33 Å². The number of carbonyl (C=O) groups is 1. The molecular weight excluding hydrogens is 192 g/mol. The van der Waals surface area contributed by atoms with Crippen molar-refractivity contribution in [1.82, 2.24) is 9.55 Å². The number of hydrogen-bond donors (Lipinski definition) is 1. The van der Waals surface area contributed by atoms with Crippen molar-refractivity contribution in [1.29, 1.82) is 0 Å². The number of nitrogens with zero attached hydrogens (tertiary/aromatic N) is 2. The monoisotopic (exact) mass is 208 g/mol. The third kappa shape index (κ3) is 1.76. The second-order valence-corrected chi connectivity index (χ2v) is 4.46. The van der Waals surface area contributed by atoms with Gasteiger partial charge in [0.15, 0.2) is 0 Å². The first-order valence-electron chi connectivity index (χ1n) is 5.36. The summed E-state index contributed by atoms with van der Waals surface area (Å²) in [7, 11) is 0. The van der Waals surface area contributed by atoms with Crippen molar-refractivity contribution in [2.75, 3.05) is 0 Å². The van der Waals surface area contributed by atoms with Crippen LogP contribution in [0.5, 0.6) is 0 Å². The van der Waals surface area contributed by atoms with Crippen LogP contribution in [-0.2, 0) is 17.8 Å². The van der Waals surface area contributed by atoms with E-state index in [0.717, 1.165) is 18.5 Å². The van der Waals surface area contributed by atoms with Gasteiger partial charge in [-0.25, -0.2) is 4.98 Å². The van der Waals surface area contributed by atoms with Gasteiger partial charge in [-0.05, 0) is 18.8 Å². The van der Waals surface area contributed by atoms with Crippen LogP contribution in [0.1, 0.15) is 37.6 Å². The van der Waals surface area contributed by atoms with E-state index in [4.69, 9.17) is 5.11 Å². The normalized spacial score (nSPS) is 20.3. The molecule has 0 aliphatic carbocycles. The van der Waals surface area contributed by atoms with Crippen molar-refractivity contribution in [3.8, 4) is 0 Å². The Morgan fingerprint density at radius 2 is 2.40 bits per heavy atom. The van der Waals surface area contributed by atoms with Crippen LogP contribution < -0.4 is 0 Å². The highest BCUT2D eigenvalue weighted by Crippen LogP contribution is 2.26. The second kappa shape index (κ2) is 3.68. The summed E-state index contributed by atoms with van der Waals surface area (Å²) in [5.41, 5.74) is 2.35. The van der Waals surface area contributed by atoms with Gasteiger partial charge in [0.05, 0.1) is 17.9 Å². The molecule has 1 atom stereocenters. The minimum atomic E-state index is -0.694. The van der Waals surface area contributed by atoms with E-state index in [0.29, 0.717) is 12.5 Å². The Balaban J connectivity index is 2.26. The Kier molecular flexibility index (Phi) is 2.50. The highest BCUT2D eigenvalue weighted by Gasteiger charge is 2.26. The molecule has 0 radical (unpaired) electrons. The van der Waals surface area contributed by atoms with Crippen LogP contribution >= 0.6 is 0 Å². The lowest BCUT2D eigenvalue weighted by Crippen LogP contribution is -2.26. The lowest BCUT2D eigenvalue weighted by Gasteiger charge is -2.22. The molecule has 2 rings (SSSR count). The van der Waals surface area contributed by atoms with E-state index in [1.54, 1.807) is 6.33 Å². The topological polar surface area (TPSA) is 55.1 Å². The number of hydrogen-bond acceptors (Lipinski definition) is 2. The second-order valence-electron chi connectivity index (χ2n) is 4.46. The van der Waals surface area contributed by atoms with Gasteiger partial charge in [-0.15, -0.1) is 0 Å². The summed E-state index contributed by atoms with van der Waals surface area (Å²) < 4.78 is 2.00. The highest BCUT2D eigenvalue weighted by atomic mass is 16.4. The number of carboxylic acids is 1. The molecule has 4 heteroatoms. The predicted molar refractivity (Wildman–Crippen MR) is 55.8 cm³/mol. The Morgan fingerprint density at radius 1 is 1.67 bits per heavy atom. The Hall–Kier alpha value is -1.32. The first-order chi connectivity index (χ1) is 7.09. The quantitative estimate of drug-likeness (QED) is 0.804. The fourth-order valence-electron chi connectivity index (χ4n) is 2.18. The van der Waals surface area contributed by atoms with Gasteiger partial charge in [-0.1, -0.05) is 13.8 Å². The maximum absolute atomic E-state index is 10.9. The van der Waals surface area contributed by atoms with Gasteiger partial charge in [0, 0.05) is 12.2 Å². The van der Waals surface area contributed by atoms with Crippen LogP contribution in [-0.4, -0.2) is 20.6 Å². The number of aliphatic carboxylic acids is 1. The number of rotatable bonds is 2. The van der Waals surface area contributed by atoms with E-state index < -0.39 is 5.97 Å². The molecule has 1 aliphatic heterocycles. The summed E-state index contributed by atoms with van der Waals surface area (Å²) in [6.07, 6.45) is 3.35. The molecule has 1 aromatic rings. The summed E-state index contributed by atoms with van der Waals surface area (Å²) in [5.74, 6) is -0.519. The number of aromatic nitrogens is 2. The SMILES string of the molecule is CC(C)c1ncn2c1CCC(C(=O)O)C2. The maximum atomic E-state index is 10.9. The molecule has 1 unspecified atom stereocenters. The smallest absolute Gasteiger partial charge is 0.308 e. The van der Waals surface area contributed by atoms with Gasteiger partial charge in [0.1, 0.15) is 0 Å². The molecule has 0 spiro atoms. The molecule has 0 bridgehead atoms. The summed E-state index contributed by atoms with van der Waals surface area (Å²) in [5, 5.41) is 8.95. The molecule has 1 N–H and O–H groups in total. The lowest BCUT2D eigenvalue weighted by atomic mass is 9.95. The summed E-state index contributed by atoms with van der Waals surface area (Å²) >= 11 is 0. The fourth-order valence-corrected chi connectivity index (χ4v) is 2.18. The summed E-state index contributed by atoms with van der Waals surface area (Å²) in [6.45, 7) is 4.81. The minimum Gasteiger partial charge on any atom is -0.481 e. The maximum Gasteiger partial charge on any atom is 0.308 e. The van der Waals surface area contributed by atoms with Crippen molar-refractivity contribution < 1.29 is 9.90 Å². The van der Waals surface area contributed by atoms with E-state index in [2.05, 4.69) is 18.8 Å². The lowest BCUT2D eigenvalue weighted by molar-refractivity contribution is -0.142. The number of fused-ring (bicyclic) bond motifs is 1. The van der Waals surface area contributed by atoms with Gasteiger partial charge in [0.2, 0.25) is 0 Å². The van der Waals surface area contributed by atoms with Crippen LogP contribution in [0.25, 0.3) is 0 Å². The average molecular weight is 208 g/mol. The van der Waals surface area contributed by atoms with Gasteiger partial charge in [-0.3, -0.25) is 4.79 Å². The van der Waals surface area contributed by atoms with Gasteiger partial charge in [-0.2, -0.15) is 0 Å². The molecule has 0 aromatic carbocycles. The number of imidazole rings is 1. The molecule has 15 heavy (non-hydrogen) atoms. The van der Waals surface area contributed by atoms with Crippen LogP contribution in [0, 0.1) is 5.92 Å². The third-order valence-corrected chi connectivity index (χ3v) is 3.02. The predicted octanol–water partition coefficient (Wildman–Crippen LogP) is 1.65. The minimum absolute atomic E-state index is 0.244. The first-order valence-corrected chi connectivity index (χ1v) is 5.36. The molecule has 1 aliphatic rings. The van der Waals surface area contributed by atoms with Gasteiger partial charge >= 0.3 is 5.97 Å². The molecule has 4 nitrogen and oxygen atoms in total. The number of carboxylic acid groups (broad SMARTS) is 1. The average Bonchev–Trinajstić information content (AvgIpc) is 2.59. The molecule has 0 amide bonds. The van der Waals surface area contributed by atoms with Crippen LogP contribution in [0.4, 0.5) is 0 Å². The Morgan fingerprint density at radius 3 is 3.00 bits per heavy atom. The van der Waals surface area contributed by atoms with Crippen molar-refractivity contribution in [2.24, 2.45) is 5.92 Å². The van der Waals surface area contributed by atoms with Crippen molar-refractivity contribution >= 4 is 5.97 Å². The molecule has 1 aromatic heterocycles. The third-order valence-electron chi connectivity index (χ3n) is 3.02. The summed E-state index contributed by atoms with van der Waals surface area (Å²) in [4.78, 5) is 15.2. The van der Waals surface area contributed by atoms with Crippen molar-refractivity contribution in [3.05, 3.63) is 17.7 Å². The zero-order valence-electron chi connectivity index (χ0n) is 9.10. The Labute approximate surface area is 88.9 Å². The van der Waals surface area contributed by atoms with Crippen molar-refractivity contribution in [2.45, 2.75) is 39.2 Å². The van der Waals surface area contributed by atoms with E-state index in [9.17, 15) is 4.79 Å². The van der Waals surface area contributed by atoms with Gasteiger partial charge in [0.25, 0.3) is 0 Å². The van der Waals surface area contributed by atoms with E-state index in [1.165, 1.54) is 5.69 Å². The zero-order chi connectivity index (χ0) is 11.0. The van der Waals surface area contributed by atoms with Gasteiger partial charge < -0.3 is 9.67 Å². The summed E-state index contributed by atoms with van der Waals surface area (Å²) in [6, 6.07) is 0. The molecule has 0 saturated heterocycles. The standard InChI is InChI=1S/C11H16N2O2/c1-7(2)10-9-4-3-8(11(14)15)5-13(9)6-12-10/h6-8H,3-5H2,1-2H3,(H,14,15). The van der Waals surface area contributed by atoms with Crippen molar-refractivity contribution in [3.63, 3.8) is 0 Å². The van der Waals surface area contributed by atoms with Crippen LogP contribution in [0.3, 0.4) is 0 Å². The highest BCUT2D eigenvalue weighted by molar-refractivity contribution is 5.70. The molecule has 2 heterocycles.